The molecule has 13 heavy (non-hydrogen) atoms. The summed E-state index contributed by atoms with van der Waals surface area (Å²) in [6.07, 6.45) is 8.91. The van der Waals surface area contributed by atoms with E-state index in [-0.39, 0.29) is 5.54 Å². The third-order valence-electron chi connectivity index (χ3n) is 1.55. The van der Waals surface area contributed by atoms with Crippen molar-refractivity contribution in [1.82, 2.24) is 0 Å². The smallest absolute Gasteiger partial charge is 0.0428 e. The van der Waals surface area contributed by atoms with E-state index in [9.17, 15) is 0 Å². The molecule has 0 spiro atoms. The summed E-state index contributed by atoms with van der Waals surface area (Å²) in [6, 6.07) is 0. The maximum absolute atomic E-state index is 5.35. The molecule has 0 heterocycles. The van der Waals surface area contributed by atoms with Crippen molar-refractivity contribution in [3.05, 3.63) is 24.3 Å². The van der Waals surface area contributed by atoms with Crippen LogP contribution in [0.1, 0.15) is 20.8 Å². The Balaban J connectivity index is 0.000000252. The van der Waals surface area contributed by atoms with Crippen LogP contribution in [0.4, 0.5) is 0 Å². The number of nitrogens with two attached hydrogens (primary N) is 1. The summed E-state index contributed by atoms with van der Waals surface area (Å²) in [5.41, 5.74) is 6.20. The van der Waals surface area contributed by atoms with Crippen LogP contribution in [0.25, 0.3) is 0 Å². The van der Waals surface area contributed by atoms with Gasteiger partial charge in [0.2, 0.25) is 0 Å². The summed E-state index contributed by atoms with van der Waals surface area (Å²) in [5, 5.41) is 0. The maximum Gasteiger partial charge on any atom is 0.0428 e. The van der Waals surface area contributed by atoms with Gasteiger partial charge >= 0.3 is 0 Å². The molecule has 2 N–H and O–H groups in total. The highest BCUT2D eigenvalue weighted by Crippen LogP contribution is 2.18. The second kappa shape index (κ2) is 5.40. The van der Waals surface area contributed by atoms with Gasteiger partial charge in [0, 0.05) is 14.3 Å². The quantitative estimate of drug-likeness (QED) is 0.643. The zero-order valence-electron chi connectivity index (χ0n) is 9.54. The predicted octanol–water partition coefficient (Wildman–Crippen LogP) is 2.71. The maximum atomic E-state index is 5.35. The van der Waals surface area contributed by atoms with Crippen LogP contribution >= 0.6 is 0 Å². The first-order valence-corrected chi connectivity index (χ1v) is 7.92. The highest BCUT2D eigenvalue weighted by Gasteiger charge is 2.07. The van der Waals surface area contributed by atoms with E-state index in [1.54, 1.807) is 0 Å². The van der Waals surface area contributed by atoms with Gasteiger partial charge in [-0.1, -0.05) is 37.4 Å². The lowest BCUT2D eigenvalue weighted by Gasteiger charge is -2.06. The van der Waals surface area contributed by atoms with Gasteiger partial charge in [-0.25, -0.2) is 0 Å². The lowest BCUT2D eigenvalue weighted by atomic mass is 10.1. The first-order valence-electron chi connectivity index (χ1n) is 4.94. The number of hydrogen-bond acceptors (Lipinski definition) is 1. The molecule has 0 aromatic rings. The van der Waals surface area contributed by atoms with E-state index in [0.29, 0.717) is 0 Å². The molecule has 0 aliphatic heterocycles. The summed E-state index contributed by atoms with van der Waals surface area (Å²) in [4.78, 5) is 0. The van der Waals surface area contributed by atoms with Crippen molar-refractivity contribution in [2.24, 2.45) is 5.73 Å². The molecular formula is C11H23NSi. The molecule has 76 valence electrons. The summed E-state index contributed by atoms with van der Waals surface area (Å²) in [6.45, 7) is 10.7. The molecule has 0 radical (unpaired) electrons. The molecule has 0 saturated heterocycles. The van der Waals surface area contributed by atoms with Gasteiger partial charge in [-0.2, -0.15) is 0 Å². The zero-order valence-corrected chi connectivity index (χ0v) is 10.7. The summed E-state index contributed by atoms with van der Waals surface area (Å²) < 4.78 is 0. The van der Waals surface area contributed by atoms with E-state index in [0.717, 1.165) is 5.54 Å². The van der Waals surface area contributed by atoms with Crippen LogP contribution in [0.2, 0.25) is 18.6 Å². The summed E-state index contributed by atoms with van der Waals surface area (Å²) in [7, 11) is -0.397. The Bertz CT molecular complexity index is 169. The number of hydrogen-bond donors (Lipinski definition) is 1. The Morgan fingerprint density at radius 2 is 1.38 bits per heavy atom. The summed E-state index contributed by atoms with van der Waals surface area (Å²) >= 11 is 0. The van der Waals surface area contributed by atoms with Crippen molar-refractivity contribution < 1.29 is 0 Å². The molecule has 0 unspecified atom stereocenters. The van der Waals surface area contributed by atoms with Gasteiger partial charge in [0.05, 0.1) is 0 Å². The highest BCUT2D eigenvalue weighted by molar-refractivity contribution is 6.58. The van der Waals surface area contributed by atoms with Gasteiger partial charge in [0.15, 0.2) is 0 Å². The fourth-order valence-electron chi connectivity index (χ4n) is 0.893. The van der Waals surface area contributed by atoms with E-state index in [1.165, 1.54) is 0 Å². The van der Waals surface area contributed by atoms with Gasteiger partial charge in [0.1, 0.15) is 0 Å². The molecule has 1 aliphatic carbocycles. The average molecular weight is 197 g/mol. The second-order valence-electron chi connectivity index (χ2n) is 4.96. The van der Waals surface area contributed by atoms with E-state index in [1.807, 2.05) is 20.8 Å². The Morgan fingerprint density at radius 1 is 1.08 bits per heavy atom. The predicted molar refractivity (Wildman–Crippen MR) is 64.8 cm³/mol. The summed E-state index contributed by atoms with van der Waals surface area (Å²) in [5.74, 6) is 0. The van der Waals surface area contributed by atoms with Crippen LogP contribution in [0.3, 0.4) is 0 Å². The van der Waals surface area contributed by atoms with Crippen molar-refractivity contribution in [2.45, 2.75) is 44.9 Å². The van der Waals surface area contributed by atoms with Crippen LogP contribution < -0.4 is 5.73 Å². The lowest BCUT2D eigenvalue weighted by Crippen LogP contribution is -2.26. The number of rotatable bonds is 1. The minimum atomic E-state index is -0.397. The second-order valence-corrected chi connectivity index (χ2v) is 8.22. The standard InChI is InChI=1S/C7H12Si.C4H11N/c1-8(2)7-5-3-4-6-7;1-4(2,3)5/h3-8H,1-2H3;5H2,1-3H3. The van der Waals surface area contributed by atoms with Crippen molar-refractivity contribution in [2.75, 3.05) is 0 Å². The van der Waals surface area contributed by atoms with Crippen molar-refractivity contribution >= 4 is 8.80 Å². The molecule has 0 amide bonds. The lowest BCUT2D eigenvalue weighted by molar-refractivity contribution is 0.580. The Labute approximate surface area is 84.3 Å². The van der Waals surface area contributed by atoms with E-state index >= 15 is 0 Å². The monoisotopic (exact) mass is 197 g/mol. The van der Waals surface area contributed by atoms with Gasteiger partial charge < -0.3 is 5.73 Å². The van der Waals surface area contributed by atoms with Gasteiger partial charge in [-0.15, -0.1) is 0 Å². The molecule has 0 atom stereocenters. The topological polar surface area (TPSA) is 26.0 Å². The molecule has 2 heteroatoms. The molecule has 1 nitrogen and oxygen atoms in total. The van der Waals surface area contributed by atoms with Crippen LogP contribution in [0.5, 0.6) is 0 Å². The van der Waals surface area contributed by atoms with Crippen molar-refractivity contribution in [1.29, 1.82) is 0 Å². The Morgan fingerprint density at radius 3 is 1.54 bits per heavy atom. The third kappa shape index (κ3) is 9.57. The molecule has 0 fully saturated rings. The highest BCUT2D eigenvalue weighted by atomic mass is 28.3. The molecular weight excluding hydrogens is 174 g/mol. The Kier molecular flexibility index (Phi) is 5.26. The number of allylic oxidation sites excluding steroid dienone is 4. The molecule has 0 bridgehead atoms. The van der Waals surface area contributed by atoms with Crippen LogP contribution in [-0.2, 0) is 0 Å². The molecule has 1 aliphatic rings. The van der Waals surface area contributed by atoms with E-state index in [4.69, 9.17) is 5.73 Å². The first-order chi connectivity index (χ1) is 5.80. The van der Waals surface area contributed by atoms with Gasteiger partial charge in [-0.05, 0) is 26.3 Å². The van der Waals surface area contributed by atoms with Gasteiger partial charge in [0.25, 0.3) is 0 Å². The normalized spacial score (nSPS) is 16.2. The largest absolute Gasteiger partial charge is 0.326 e. The molecule has 0 aromatic heterocycles. The van der Waals surface area contributed by atoms with Crippen molar-refractivity contribution in [3.63, 3.8) is 0 Å². The van der Waals surface area contributed by atoms with Crippen LogP contribution in [-0.4, -0.2) is 14.3 Å². The van der Waals surface area contributed by atoms with Gasteiger partial charge in [-0.3, -0.25) is 0 Å². The SMILES string of the molecule is CC(C)(C)N.C[SiH](C)C1C=CC=C1. The van der Waals surface area contributed by atoms with E-state index < -0.39 is 8.80 Å². The third-order valence-corrected chi connectivity index (χ3v) is 3.53. The zero-order chi connectivity index (χ0) is 10.5. The molecule has 0 aromatic carbocycles. The molecule has 0 saturated carbocycles. The van der Waals surface area contributed by atoms with Crippen LogP contribution in [0.15, 0.2) is 24.3 Å². The van der Waals surface area contributed by atoms with Crippen LogP contribution in [0, 0.1) is 0 Å². The fourth-order valence-corrected chi connectivity index (χ4v) is 2.04. The van der Waals surface area contributed by atoms with E-state index in [2.05, 4.69) is 37.4 Å². The first kappa shape index (κ1) is 12.7. The Hall–Kier alpha value is -0.343. The minimum absolute atomic E-state index is 0. The molecule has 1 rings (SSSR count). The van der Waals surface area contributed by atoms with Crippen molar-refractivity contribution in [3.8, 4) is 0 Å². The average Bonchev–Trinajstić information content (AvgIpc) is 2.31. The minimum Gasteiger partial charge on any atom is -0.326 e. The fraction of sp³-hybridized carbons (Fsp3) is 0.636.